The average molecular weight is 879 g/mol. The Morgan fingerprint density at radius 3 is 0.712 bits per heavy atom. The van der Waals surface area contributed by atoms with Crippen molar-refractivity contribution in [1.82, 2.24) is 0 Å². The number of rotatable bonds is 45. The Morgan fingerprint density at radius 2 is 0.508 bits per heavy atom. The molecule has 0 aromatic rings. The standard InChI is InChI=1S/2C18H34O2.C18H36.Cu/c2*1-2-3-4-5-6-7-8-9-10-11-12-13-14-15-16-17-18(19)20;1-3-5-7-9-11-13-15-17-18-16-14-12-10-8-6-4-2;/h2*9-10H,2-8,11-17H2,1H3,(H,19,20);3H,1,4-18H2,2H3;/q;;;+2/p-2/b2*10-9-;;. The summed E-state index contributed by atoms with van der Waals surface area (Å²) in [6.07, 6.45) is 65.2. The van der Waals surface area contributed by atoms with Gasteiger partial charge in [0.2, 0.25) is 0 Å². The molecule has 0 aromatic carbocycles. The van der Waals surface area contributed by atoms with Crippen molar-refractivity contribution < 1.29 is 36.9 Å². The van der Waals surface area contributed by atoms with Crippen molar-refractivity contribution >= 4 is 11.9 Å². The molecule has 0 aliphatic heterocycles. The van der Waals surface area contributed by atoms with E-state index < -0.39 is 11.9 Å². The molecule has 0 N–H and O–H groups in total. The van der Waals surface area contributed by atoms with Crippen LogP contribution in [0.3, 0.4) is 0 Å². The van der Waals surface area contributed by atoms with E-state index in [1.807, 2.05) is 6.08 Å². The molecular formula is C54H102CuO4. The van der Waals surface area contributed by atoms with Crippen LogP contribution in [0.5, 0.6) is 0 Å². The van der Waals surface area contributed by atoms with Gasteiger partial charge in [-0.3, -0.25) is 0 Å². The second kappa shape index (κ2) is 63.3. The predicted molar refractivity (Wildman–Crippen MR) is 254 cm³/mol. The minimum absolute atomic E-state index is 0. The molecule has 0 aliphatic carbocycles. The van der Waals surface area contributed by atoms with Crippen molar-refractivity contribution in [2.45, 2.75) is 297 Å². The third-order valence-electron chi connectivity index (χ3n) is 11.0. The van der Waals surface area contributed by atoms with E-state index in [2.05, 4.69) is 51.7 Å². The van der Waals surface area contributed by atoms with Crippen LogP contribution in [-0.4, -0.2) is 11.9 Å². The number of carbonyl (C=O) groups excluding carboxylic acids is 2. The molecule has 0 atom stereocenters. The maximum atomic E-state index is 10.2. The Balaban J connectivity index is -0.000000382. The van der Waals surface area contributed by atoms with E-state index in [-0.39, 0.29) is 29.9 Å². The van der Waals surface area contributed by atoms with Gasteiger partial charge in [0, 0.05) is 11.9 Å². The summed E-state index contributed by atoms with van der Waals surface area (Å²) in [6, 6.07) is 0. The van der Waals surface area contributed by atoms with E-state index in [1.54, 1.807) is 0 Å². The summed E-state index contributed by atoms with van der Waals surface area (Å²) >= 11 is 0. The first-order valence-electron chi connectivity index (χ1n) is 25.8. The van der Waals surface area contributed by atoms with Gasteiger partial charge in [-0.1, -0.05) is 237 Å². The Morgan fingerprint density at radius 1 is 0.322 bits per heavy atom. The van der Waals surface area contributed by atoms with Gasteiger partial charge in [-0.2, -0.15) is 0 Å². The molecule has 1 radical (unpaired) electrons. The fraction of sp³-hybridized carbons (Fsp3) is 0.852. The zero-order valence-electron chi connectivity index (χ0n) is 39.9. The second-order valence-electron chi connectivity index (χ2n) is 17.1. The van der Waals surface area contributed by atoms with E-state index in [1.165, 1.54) is 225 Å². The van der Waals surface area contributed by atoms with Crippen LogP contribution in [0, 0.1) is 0 Å². The Bertz CT molecular complexity index is 788. The van der Waals surface area contributed by atoms with Gasteiger partial charge in [-0.05, 0) is 89.9 Å². The van der Waals surface area contributed by atoms with E-state index in [9.17, 15) is 19.8 Å². The van der Waals surface area contributed by atoms with Gasteiger partial charge in [-0.15, -0.1) is 6.58 Å². The fourth-order valence-electron chi connectivity index (χ4n) is 7.16. The minimum Gasteiger partial charge on any atom is -0.550 e. The maximum absolute atomic E-state index is 10.2. The Kier molecular flexibility index (Phi) is 69.0. The normalized spacial score (nSPS) is 10.9. The average Bonchev–Trinajstić information content (AvgIpc) is 3.21. The van der Waals surface area contributed by atoms with Gasteiger partial charge in [-0.25, -0.2) is 0 Å². The zero-order chi connectivity index (χ0) is 43.1. The molecule has 0 saturated heterocycles. The van der Waals surface area contributed by atoms with Crippen LogP contribution in [0.4, 0.5) is 0 Å². The van der Waals surface area contributed by atoms with Crippen LogP contribution in [-0.2, 0) is 26.7 Å². The Hall–Kier alpha value is -1.32. The molecule has 59 heavy (non-hydrogen) atoms. The summed E-state index contributed by atoms with van der Waals surface area (Å²) in [4.78, 5) is 20.4. The summed E-state index contributed by atoms with van der Waals surface area (Å²) < 4.78 is 0. The van der Waals surface area contributed by atoms with Crippen LogP contribution in [0.15, 0.2) is 37.0 Å². The third kappa shape index (κ3) is 74.5. The van der Waals surface area contributed by atoms with Crippen LogP contribution in [0.1, 0.15) is 297 Å². The summed E-state index contributed by atoms with van der Waals surface area (Å²) in [5.74, 6) is -1.83. The third-order valence-corrected chi connectivity index (χ3v) is 11.0. The van der Waals surface area contributed by atoms with Crippen molar-refractivity contribution in [1.29, 1.82) is 0 Å². The molecule has 0 amide bonds. The van der Waals surface area contributed by atoms with Crippen LogP contribution in [0.25, 0.3) is 0 Å². The molecule has 0 saturated carbocycles. The number of carbonyl (C=O) groups is 2. The maximum Gasteiger partial charge on any atom is 2.00 e. The number of allylic oxidation sites excluding steroid dienone is 5. The molecule has 0 unspecified atom stereocenters. The van der Waals surface area contributed by atoms with Crippen LogP contribution in [0.2, 0.25) is 0 Å². The van der Waals surface area contributed by atoms with Crippen molar-refractivity contribution in [2.24, 2.45) is 0 Å². The number of hydrogen-bond donors (Lipinski definition) is 0. The summed E-state index contributed by atoms with van der Waals surface area (Å²) in [7, 11) is 0. The molecule has 0 heterocycles. The first-order chi connectivity index (χ1) is 28.5. The van der Waals surface area contributed by atoms with Crippen molar-refractivity contribution in [3.63, 3.8) is 0 Å². The molecule has 0 aliphatic rings. The largest absolute Gasteiger partial charge is 2.00 e. The molecule has 5 heteroatoms. The molecule has 353 valence electrons. The van der Waals surface area contributed by atoms with Crippen LogP contribution >= 0.6 is 0 Å². The minimum atomic E-state index is -0.914. The molecule has 4 nitrogen and oxygen atoms in total. The van der Waals surface area contributed by atoms with Crippen molar-refractivity contribution in [3.8, 4) is 0 Å². The van der Waals surface area contributed by atoms with Crippen molar-refractivity contribution in [3.05, 3.63) is 37.0 Å². The number of hydrogen-bond acceptors (Lipinski definition) is 4. The van der Waals surface area contributed by atoms with Gasteiger partial charge in [0.15, 0.2) is 0 Å². The molecule has 0 spiro atoms. The predicted octanol–water partition coefficient (Wildman–Crippen LogP) is 16.6. The molecule has 0 bridgehead atoms. The van der Waals surface area contributed by atoms with Gasteiger partial charge in [0.05, 0.1) is 0 Å². The summed E-state index contributed by atoms with van der Waals surface area (Å²) in [6.45, 7) is 10.6. The van der Waals surface area contributed by atoms with Crippen molar-refractivity contribution in [2.75, 3.05) is 0 Å². The van der Waals surface area contributed by atoms with E-state index >= 15 is 0 Å². The molecule has 0 aromatic heterocycles. The number of aliphatic carboxylic acids is 2. The molecular weight excluding hydrogens is 776 g/mol. The van der Waals surface area contributed by atoms with Crippen LogP contribution < -0.4 is 10.2 Å². The summed E-state index contributed by atoms with van der Waals surface area (Å²) in [5, 5.41) is 20.4. The number of carboxylic acid groups (broad SMARTS) is 2. The number of carboxylic acids is 2. The topological polar surface area (TPSA) is 80.3 Å². The fourth-order valence-corrected chi connectivity index (χ4v) is 7.16. The van der Waals surface area contributed by atoms with Gasteiger partial charge < -0.3 is 19.8 Å². The van der Waals surface area contributed by atoms with E-state index in [4.69, 9.17) is 0 Å². The van der Waals surface area contributed by atoms with E-state index in [0.29, 0.717) is 0 Å². The van der Waals surface area contributed by atoms with Gasteiger partial charge in [0.25, 0.3) is 0 Å². The van der Waals surface area contributed by atoms with E-state index in [0.717, 1.165) is 38.5 Å². The molecule has 0 rings (SSSR count). The first-order valence-corrected chi connectivity index (χ1v) is 25.8. The van der Waals surface area contributed by atoms with Gasteiger partial charge in [0.1, 0.15) is 0 Å². The zero-order valence-corrected chi connectivity index (χ0v) is 40.9. The number of unbranched alkanes of at least 4 members (excludes halogenated alkanes) is 36. The quantitative estimate of drug-likeness (QED) is 0.0347. The SMILES string of the molecule is C=CCCCCCCCCCCCCCCCC.CCCCCCCC/C=C\CCCCCCCC(=O)[O-].CCCCCCCC/C=C\CCCCCCCC(=O)[O-].[Cu+2]. The first kappa shape index (κ1) is 64.3. The monoisotopic (exact) mass is 878 g/mol. The van der Waals surface area contributed by atoms with Gasteiger partial charge >= 0.3 is 17.1 Å². The molecule has 0 fully saturated rings. The Labute approximate surface area is 381 Å². The summed E-state index contributed by atoms with van der Waals surface area (Å²) in [5.41, 5.74) is 0. The second-order valence-corrected chi connectivity index (χ2v) is 17.1. The smallest absolute Gasteiger partial charge is 0.550 e.